The summed E-state index contributed by atoms with van der Waals surface area (Å²) in [4.78, 5) is 30.1. The molecule has 0 spiro atoms. The van der Waals surface area contributed by atoms with Crippen molar-refractivity contribution in [3.05, 3.63) is 46.2 Å². The Kier molecular flexibility index (Phi) is 4.42. The van der Waals surface area contributed by atoms with Crippen molar-refractivity contribution in [1.29, 1.82) is 0 Å². The summed E-state index contributed by atoms with van der Waals surface area (Å²) in [5.74, 6) is -1.07. The van der Waals surface area contributed by atoms with Gasteiger partial charge in [0.15, 0.2) is 0 Å². The zero-order valence-corrected chi connectivity index (χ0v) is 13.6. The van der Waals surface area contributed by atoms with Gasteiger partial charge in [0.05, 0.1) is 11.0 Å². The first-order chi connectivity index (χ1) is 10.6. The fraction of sp³-hybridized carbons (Fsp3) is 0. The number of carboxylic acids is 1. The van der Waals surface area contributed by atoms with Gasteiger partial charge in [-0.3, -0.25) is 9.20 Å². The molecule has 0 bridgehead atoms. The summed E-state index contributed by atoms with van der Waals surface area (Å²) in [5, 5.41) is 11.1. The Hall–Kier alpha value is -2.77. The highest BCUT2D eigenvalue weighted by atomic mass is 35.5. The van der Waals surface area contributed by atoms with Gasteiger partial charge in [-0.1, -0.05) is 6.07 Å². The van der Waals surface area contributed by atoms with Crippen LogP contribution in [0.15, 0.2) is 35.4 Å². The van der Waals surface area contributed by atoms with Crippen molar-refractivity contribution in [3.8, 4) is 0 Å². The third-order valence-corrected chi connectivity index (χ3v) is 3.69. The van der Waals surface area contributed by atoms with Gasteiger partial charge in [0, 0.05) is 34.8 Å². The molecular formula is C15H12Cl2N4O3. The quantitative estimate of drug-likeness (QED) is 0.440. The number of carboxylic acid groups (broad SMARTS) is 1. The number of fused-ring (bicyclic) bond motifs is 5. The molecule has 2 aromatic heterocycles. The number of benzene rings is 1. The molecule has 0 fully saturated rings. The maximum absolute atomic E-state index is 12.1. The molecule has 124 valence electrons. The van der Waals surface area contributed by atoms with Crippen molar-refractivity contribution in [2.75, 3.05) is 5.73 Å². The molecule has 0 saturated heterocycles. The Bertz CT molecular complexity index is 1200. The van der Waals surface area contributed by atoms with E-state index >= 15 is 0 Å². The fourth-order valence-electron chi connectivity index (χ4n) is 2.86. The molecule has 0 atom stereocenters. The number of aromatic amines is 1. The van der Waals surface area contributed by atoms with Gasteiger partial charge in [-0.05, 0) is 17.5 Å². The Morgan fingerprint density at radius 2 is 2.04 bits per heavy atom. The molecule has 2 heterocycles. The highest BCUT2D eigenvalue weighted by Gasteiger charge is 2.14. The number of carbonyl (C=O) groups is 1. The van der Waals surface area contributed by atoms with E-state index in [1.807, 2.05) is 0 Å². The molecule has 0 amide bonds. The Balaban J connectivity index is 0.00000104. The van der Waals surface area contributed by atoms with Crippen molar-refractivity contribution in [3.63, 3.8) is 0 Å². The molecule has 7 nitrogen and oxygen atoms in total. The molecular weight excluding hydrogens is 355 g/mol. The highest BCUT2D eigenvalue weighted by Crippen LogP contribution is 2.23. The van der Waals surface area contributed by atoms with Crippen LogP contribution in [0.5, 0.6) is 0 Å². The van der Waals surface area contributed by atoms with Crippen molar-refractivity contribution >= 4 is 70.0 Å². The van der Waals surface area contributed by atoms with Crippen LogP contribution in [0, 0.1) is 0 Å². The van der Waals surface area contributed by atoms with E-state index in [0.29, 0.717) is 27.3 Å². The first-order valence-corrected chi connectivity index (χ1v) is 6.51. The van der Waals surface area contributed by atoms with Gasteiger partial charge in [-0.2, -0.15) is 0 Å². The van der Waals surface area contributed by atoms with E-state index < -0.39 is 5.97 Å². The summed E-state index contributed by atoms with van der Waals surface area (Å²) in [6.45, 7) is 0. The van der Waals surface area contributed by atoms with Crippen LogP contribution in [-0.2, 0) is 4.79 Å². The maximum Gasteiger partial charge on any atom is 0.329 e. The molecule has 0 aliphatic heterocycles. The van der Waals surface area contributed by atoms with Crippen LogP contribution in [0.2, 0.25) is 0 Å². The molecule has 0 saturated carbocycles. The number of halogens is 2. The third kappa shape index (κ3) is 2.34. The van der Waals surface area contributed by atoms with E-state index in [-0.39, 0.29) is 36.0 Å². The lowest BCUT2D eigenvalue weighted by molar-refractivity contribution is -0.129. The molecule has 0 aliphatic carbocycles. The number of nitrogen functional groups attached to an aromatic ring is 1. The van der Waals surface area contributed by atoms with Gasteiger partial charge in [-0.25, -0.2) is 9.78 Å². The molecule has 0 unspecified atom stereocenters. The second-order valence-electron chi connectivity index (χ2n) is 5.00. The number of nitrogens with one attached hydrogen (secondary N) is 1. The second kappa shape index (κ2) is 6.03. The molecule has 2 aromatic carbocycles. The van der Waals surface area contributed by atoms with Gasteiger partial charge in [0.1, 0.15) is 0 Å². The number of aromatic nitrogens is 3. The lowest BCUT2D eigenvalue weighted by Gasteiger charge is -1.97. The summed E-state index contributed by atoms with van der Waals surface area (Å²) in [7, 11) is 0. The predicted molar refractivity (Wildman–Crippen MR) is 97.1 cm³/mol. The number of nitrogens with zero attached hydrogens (tertiary/aromatic N) is 2. The van der Waals surface area contributed by atoms with Crippen LogP contribution in [0.25, 0.3) is 33.5 Å². The van der Waals surface area contributed by atoms with Gasteiger partial charge in [0.25, 0.3) is 5.56 Å². The minimum atomic E-state index is -1.07. The maximum atomic E-state index is 12.1. The molecule has 0 radical (unpaired) electrons. The molecule has 4 aromatic rings. The Morgan fingerprint density at radius 3 is 2.75 bits per heavy atom. The van der Waals surface area contributed by atoms with Gasteiger partial charge in [-0.15, -0.1) is 24.8 Å². The number of rotatable bonds is 1. The number of nitrogens with two attached hydrogens (primary N) is 1. The minimum Gasteiger partial charge on any atom is -0.478 e. The standard InChI is InChI=1S/C15H10N4O3.2ClH/c16-7-1-2-8-9(5-7)10(6-11(20)21)13-12(8)18-15(22)14-17-3-4-19(13)14;;/h1-6H,16H2,(H,18,22)(H,20,21);2*1H. The van der Waals surface area contributed by atoms with Gasteiger partial charge >= 0.3 is 5.97 Å². The number of anilines is 1. The fourth-order valence-corrected chi connectivity index (χ4v) is 2.86. The summed E-state index contributed by atoms with van der Waals surface area (Å²) in [5.41, 5.74) is 7.38. The number of aliphatic carboxylic acids is 1. The summed E-state index contributed by atoms with van der Waals surface area (Å²) in [6, 6.07) is 5.18. The van der Waals surface area contributed by atoms with Crippen molar-refractivity contribution in [1.82, 2.24) is 14.4 Å². The lowest BCUT2D eigenvalue weighted by Crippen LogP contribution is -2.13. The monoisotopic (exact) mass is 366 g/mol. The van der Waals surface area contributed by atoms with Crippen LogP contribution in [0.3, 0.4) is 0 Å². The average molecular weight is 367 g/mol. The number of hydrogen-bond acceptors (Lipinski definition) is 4. The second-order valence-corrected chi connectivity index (χ2v) is 5.00. The molecule has 4 N–H and O–H groups in total. The first kappa shape index (κ1) is 17.6. The van der Waals surface area contributed by atoms with Crippen LogP contribution in [0.1, 0.15) is 0 Å². The van der Waals surface area contributed by atoms with Crippen LogP contribution in [0.4, 0.5) is 5.69 Å². The van der Waals surface area contributed by atoms with Crippen molar-refractivity contribution < 1.29 is 9.90 Å². The molecule has 4 rings (SSSR count). The average Bonchev–Trinajstić information content (AvgIpc) is 3.03. The van der Waals surface area contributed by atoms with E-state index in [4.69, 9.17) is 10.8 Å². The number of H-pyrrole nitrogens is 1. The first-order valence-electron chi connectivity index (χ1n) is 6.51. The summed E-state index contributed by atoms with van der Waals surface area (Å²) in [6.07, 6.45) is 4.25. The Morgan fingerprint density at radius 1 is 1.29 bits per heavy atom. The summed E-state index contributed by atoms with van der Waals surface area (Å²) < 4.78 is 1.60. The normalized spacial score (nSPS) is 11.6. The third-order valence-electron chi connectivity index (χ3n) is 3.69. The predicted octanol–water partition coefficient (Wildman–Crippen LogP) is 1.34. The summed E-state index contributed by atoms with van der Waals surface area (Å²) >= 11 is 0. The van der Waals surface area contributed by atoms with E-state index in [2.05, 4.69) is 9.97 Å². The van der Waals surface area contributed by atoms with Crippen molar-refractivity contribution in [2.45, 2.75) is 0 Å². The molecule has 24 heavy (non-hydrogen) atoms. The Labute approximate surface area is 146 Å². The minimum absolute atomic E-state index is 0. The van der Waals surface area contributed by atoms with E-state index in [1.54, 1.807) is 28.8 Å². The van der Waals surface area contributed by atoms with Crippen molar-refractivity contribution in [2.24, 2.45) is 0 Å². The van der Waals surface area contributed by atoms with Crippen LogP contribution in [-0.4, -0.2) is 25.4 Å². The highest BCUT2D eigenvalue weighted by molar-refractivity contribution is 6.14. The zero-order chi connectivity index (χ0) is 15.4. The number of hydrogen-bond donors (Lipinski definition) is 3. The lowest BCUT2D eigenvalue weighted by atomic mass is 10.2. The largest absolute Gasteiger partial charge is 0.478 e. The zero-order valence-electron chi connectivity index (χ0n) is 12.0. The van der Waals surface area contributed by atoms with E-state index in [1.165, 1.54) is 6.20 Å². The number of imidazole rings is 1. The SMILES string of the molecule is Cl.Cl.Nc1ccc2c(c1)c(=CC(=O)O)c1c2[nH]c(=O)c2nccn21. The smallest absolute Gasteiger partial charge is 0.329 e. The topological polar surface area (TPSA) is 113 Å². The van der Waals surface area contributed by atoms with Gasteiger partial charge < -0.3 is 15.8 Å². The van der Waals surface area contributed by atoms with Crippen LogP contribution < -0.4 is 16.5 Å². The van der Waals surface area contributed by atoms with Crippen LogP contribution >= 0.6 is 24.8 Å². The van der Waals surface area contributed by atoms with Gasteiger partial charge in [0.2, 0.25) is 5.65 Å². The molecule has 0 aliphatic rings. The van der Waals surface area contributed by atoms with E-state index in [9.17, 15) is 9.59 Å². The van der Waals surface area contributed by atoms with E-state index in [0.717, 1.165) is 11.5 Å². The molecule has 9 heteroatoms.